The number of fused-ring (bicyclic) bond motifs is 1. The molecular weight excluding hydrogens is 220 g/mol. The van der Waals surface area contributed by atoms with Gasteiger partial charge in [0, 0.05) is 6.42 Å². The van der Waals surface area contributed by atoms with Gasteiger partial charge in [-0.15, -0.1) is 0 Å². The van der Waals surface area contributed by atoms with E-state index in [2.05, 4.69) is 40.2 Å². The first-order valence-electron chi connectivity index (χ1n) is 5.35. The van der Waals surface area contributed by atoms with Gasteiger partial charge < -0.3 is 0 Å². The van der Waals surface area contributed by atoms with Crippen molar-refractivity contribution < 1.29 is 4.28 Å². The van der Waals surface area contributed by atoms with Gasteiger partial charge in [0.2, 0.25) is 12.2 Å². The minimum Gasteiger partial charge on any atom is -0.297 e. The van der Waals surface area contributed by atoms with Crippen LogP contribution in [0.1, 0.15) is 24.0 Å². The monoisotopic (exact) mass is 232 g/mol. The topological polar surface area (TPSA) is 33.6 Å². The highest BCUT2D eigenvalue weighted by molar-refractivity contribution is 7.93. The predicted octanol–water partition coefficient (Wildman–Crippen LogP) is 2.90. The minimum absolute atomic E-state index is 0.862. The summed E-state index contributed by atoms with van der Waals surface area (Å²) in [7, 11) is 0. The van der Waals surface area contributed by atoms with Crippen LogP contribution in [0.4, 0.5) is 0 Å². The van der Waals surface area contributed by atoms with E-state index >= 15 is 0 Å². The zero-order valence-corrected chi connectivity index (χ0v) is 9.59. The van der Waals surface area contributed by atoms with Crippen LogP contribution in [0.5, 0.6) is 0 Å². The lowest BCUT2D eigenvalue weighted by atomic mass is 9.91. The second-order valence-corrected chi connectivity index (χ2v) is 4.50. The van der Waals surface area contributed by atoms with Crippen molar-refractivity contribution in [3.8, 4) is 0 Å². The molecule has 0 unspecified atom stereocenters. The van der Waals surface area contributed by atoms with Gasteiger partial charge in [0.15, 0.2) is 5.84 Å². The fourth-order valence-corrected chi connectivity index (χ4v) is 2.43. The summed E-state index contributed by atoms with van der Waals surface area (Å²) in [6, 6.07) is 8.56. The normalized spacial score (nSPS) is 18.0. The molecule has 1 heterocycles. The number of nitrogens with zero attached hydrogens (tertiary/aromatic N) is 1. The maximum absolute atomic E-state index is 4.83. The molecule has 0 saturated carbocycles. The first-order valence-corrected chi connectivity index (χ1v) is 6.09. The summed E-state index contributed by atoms with van der Waals surface area (Å²) in [6.07, 6.45) is 5.37. The average Bonchev–Trinajstić information content (AvgIpc) is 2.82. The van der Waals surface area contributed by atoms with Crippen molar-refractivity contribution in [2.75, 3.05) is 0 Å². The van der Waals surface area contributed by atoms with Crippen LogP contribution < -0.4 is 4.72 Å². The highest BCUT2D eigenvalue weighted by Crippen LogP contribution is 2.26. The summed E-state index contributed by atoms with van der Waals surface area (Å²) in [6.45, 7) is 0. The molecule has 1 aliphatic carbocycles. The molecule has 0 atom stereocenters. The molecule has 0 aromatic heterocycles. The summed E-state index contributed by atoms with van der Waals surface area (Å²) >= 11 is 1.18. The van der Waals surface area contributed by atoms with Crippen LogP contribution in [0, 0.1) is 0 Å². The molecule has 1 N–H and O–H groups in total. The van der Waals surface area contributed by atoms with Crippen LogP contribution in [0.3, 0.4) is 0 Å². The van der Waals surface area contributed by atoms with E-state index < -0.39 is 0 Å². The third kappa shape index (κ3) is 1.93. The quantitative estimate of drug-likeness (QED) is 0.628. The first-order chi connectivity index (χ1) is 7.92. The highest BCUT2D eigenvalue weighted by Gasteiger charge is 2.14. The third-order valence-corrected chi connectivity index (χ3v) is 3.34. The zero-order valence-electron chi connectivity index (χ0n) is 8.77. The Bertz CT molecular complexity index is 468. The number of hydrogen-bond acceptors (Lipinski definition) is 4. The van der Waals surface area contributed by atoms with Gasteiger partial charge in [0.25, 0.3) is 0 Å². The minimum atomic E-state index is 0.862. The molecule has 2 aliphatic rings. The van der Waals surface area contributed by atoms with Crippen LogP contribution in [-0.4, -0.2) is 5.84 Å². The molecule has 3 rings (SSSR count). The maximum Gasteiger partial charge on any atom is 0.208 e. The highest BCUT2D eigenvalue weighted by atomic mass is 32.2. The second kappa shape index (κ2) is 4.22. The molecule has 1 aromatic rings. The number of benzene rings is 1. The average molecular weight is 232 g/mol. The number of amidine groups is 1. The molecule has 0 saturated heterocycles. The van der Waals surface area contributed by atoms with Crippen molar-refractivity contribution >= 4 is 24.1 Å². The van der Waals surface area contributed by atoms with Crippen molar-refractivity contribution in [2.24, 2.45) is 5.16 Å². The Kier molecular flexibility index (Phi) is 2.58. The number of oxime groups is 1. The fraction of sp³-hybridized carbons (Fsp3) is 0.250. The zero-order chi connectivity index (χ0) is 10.8. The number of nitrogens with one attached hydrogen (secondary N) is 1. The van der Waals surface area contributed by atoms with E-state index in [1.165, 1.54) is 28.9 Å². The van der Waals surface area contributed by atoms with Crippen LogP contribution in [-0.2, 0) is 10.7 Å². The molecule has 4 heteroatoms. The largest absolute Gasteiger partial charge is 0.297 e. The van der Waals surface area contributed by atoms with Gasteiger partial charge in [-0.25, -0.2) is 0 Å². The van der Waals surface area contributed by atoms with E-state index in [0.717, 1.165) is 25.1 Å². The van der Waals surface area contributed by atoms with E-state index in [-0.39, 0.29) is 0 Å². The Labute approximate surface area is 98.9 Å². The molecular formula is C12H12N2OS. The standard InChI is InChI=1S/C12H12N2OS/c1-2-4-11-7-9(5-6-10(11)3-1)8-12-13-15-16-14-12/h1-4,7H,5-6,8H2,(H,13,14). The van der Waals surface area contributed by atoms with Crippen molar-refractivity contribution in [1.82, 2.24) is 4.72 Å². The van der Waals surface area contributed by atoms with Gasteiger partial charge in [-0.05, 0) is 24.0 Å². The molecule has 1 aromatic carbocycles. The van der Waals surface area contributed by atoms with Gasteiger partial charge >= 0.3 is 0 Å². The Morgan fingerprint density at radius 3 is 3.12 bits per heavy atom. The van der Waals surface area contributed by atoms with Crippen LogP contribution in [0.2, 0.25) is 0 Å². The predicted molar refractivity (Wildman–Crippen MR) is 66.6 cm³/mol. The molecule has 82 valence electrons. The summed E-state index contributed by atoms with van der Waals surface area (Å²) in [5.41, 5.74) is 4.20. The van der Waals surface area contributed by atoms with E-state index in [1.807, 2.05) is 0 Å². The Balaban J connectivity index is 1.81. The summed E-state index contributed by atoms with van der Waals surface area (Å²) < 4.78 is 7.87. The van der Waals surface area contributed by atoms with Gasteiger partial charge in [-0.2, -0.15) is 0 Å². The molecule has 1 aliphatic heterocycles. The van der Waals surface area contributed by atoms with E-state index in [0.29, 0.717) is 0 Å². The SMILES string of the molecule is C1=C(CC2=NOSN2)CCc2ccccc21. The molecule has 3 nitrogen and oxygen atoms in total. The summed E-state index contributed by atoms with van der Waals surface area (Å²) in [5, 5.41) is 3.91. The van der Waals surface area contributed by atoms with Crippen molar-refractivity contribution in [1.29, 1.82) is 0 Å². The lowest BCUT2D eigenvalue weighted by Crippen LogP contribution is -2.13. The van der Waals surface area contributed by atoms with Crippen molar-refractivity contribution in [3.63, 3.8) is 0 Å². The van der Waals surface area contributed by atoms with Crippen molar-refractivity contribution in [2.45, 2.75) is 19.3 Å². The van der Waals surface area contributed by atoms with Gasteiger partial charge in [-0.1, -0.05) is 41.1 Å². The van der Waals surface area contributed by atoms with Crippen LogP contribution in [0.25, 0.3) is 6.08 Å². The lowest BCUT2D eigenvalue weighted by Gasteiger charge is -2.15. The molecule has 0 fully saturated rings. The molecule has 0 radical (unpaired) electrons. The van der Waals surface area contributed by atoms with Crippen LogP contribution in [0.15, 0.2) is 35.0 Å². The maximum atomic E-state index is 4.83. The number of aryl methyl sites for hydroxylation is 1. The molecule has 0 spiro atoms. The van der Waals surface area contributed by atoms with E-state index in [4.69, 9.17) is 4.28 Å². The molecule has 0 amide bonds. The fourth-order valence-electron chi connectivity index (χ4n) is 2.06. The van der Waals surface area contributed by atoms with Gasteiger partial charge in [0.1, 0.15) is 0 Å². The summed E-state index contributed by atoms with van der Waals surface area (Å²) in [4.78, 5) is 0. The van der Waals surface area contributed by atoms with Crippen LogP contribution >= 0.6 is 12.2 Å². The lowest BCUT2D eigenvalue weighted by molar-refractivity contribution is 0.415. The van der Waals surface area contributed by atoms with Gasteiger partial charge in [-0.3, -0.25) is 9.01 Å². The smallest absolute Gasteiger partial charge is 0.208 e. The third-order valence-electron chi connectivity index (χ3n) is 2.87. The summed E-state index contributed by atoms with van der Waals surface area (Å²) in [5.74, 6) is 0.913. The number of rotatable bonds is 2. The van der Waals surface area contributed by atoms with E-state index in [1.54, 1.807) is 0 Å². The molecule has 16 heavy (non-hydrogen) atoms. The van der Waals surface area contributed by atoms with Crippen molar-refractivity contribution in [3.05, 3.63) is 41.0 Å². The Morgan fingerprint density at radius 2 is 2.25 bits per heavy atom. The second-order valence-electron chi connectivity index (χ2n) is 3.98. The first kappa shape index (κ1) is 9.78. The van der Waals surface area contributed by atoms with Gasteiger partial charge in [0.05, 0.1) is 0 Å². The van der Waals surface area contributed by atoms with E-state index in [9.17, 15) is 0 Å². The Morgan fingerprint density at radius 1 is 1.31 bits per heavy atom. The Hall–Kier alpha value is -1.42. The number of hydrogen-bond donors (Lipinski definition) is 1. The molecule has 0 bridgehead atoms.